The van der Waals surface area contributed by atoms with E-state index in [1.54, 1.807) is 30.3 Å². The molecule has 0 bridgehead atoms. The fourth-order valence-corrected chi connectivity index (χ4v) is 4.48. The Morgan fingerprint density at radius 1 is 1.26 bits per heavy atom. The number of fused-ring (bicyclic) bond motifs is 2. The van der Waals surface area contributed by atoms with Crippen LogP contribution in [0.2, 0.25) is 0 Å². The number of nitrogens with zero attached hydrogens (tertiary/aromatic N) is 2. The van der Waals surface area contributed by atoms with Crippen LogP contribution >= 0.6 is 0 Å². The van der Waals surface area contributed by atoms with E-state index in [2.05, 4.69) is 20.9 Å². The number of nitrogens with one attached hydrogen (secondary N) is 3. The summed E-state index contributed by atoms with van der Waals surface area (Å²) < 4.78 is 11.2. The SMILES string of the molecule is COc1ccc2c(c1)C(=O)N(CC1(c3cc4ncc(C(=O)NC5CC5)cc4o3)NC(=O)NC1=O)C2. The summed E-state index contributed by atoms with van der Waals surface area (Å²) in [5.41, 5.74) is 0.638. The number of hydrogen-bond donors (Lipinski definition) is 3. The van der Waals surface area contributed by atoms with Crippen LogP contribution in [0.25, 0.3) is 11.1 Å². The highest BCUT2D eigenvalue weighted by molar-refractivity contribution is 6.08. The summed E-state index contributed by atoms with van der Waals surface area (Å²) in [6, 6.07) is 7.79. The van der Waals surface area contributed by atoms with Gasteiger partial charge in [-0.25, -0.2) is 4.79 Å². The van der Waals surface area contributed by atoms with Crippen LogP contribution in [0.5, 0.6) is 5.75 Å². The first-order chi connectivity index (χ1) is 16.9. The Bertz CT molecular complexity index is 1430. The maximum Gasteiger partial charge on any atom is 0.322 e. The van der Waals surface area contributed by atoms with Crippen molar-refractivity contribution in [3.63, 3.8) is 0 Å². The normalized spacial score (nSPS) is 21.2. The zero-order valence-corrected chi connectivity index (χ0v) is 18.7. The van der Waals surface area contributed by atoms with Gasteiger partial charge in [-0.05, 0) is 36.6 Å². The molecule has 0 spiro atoms. The fourth-order valence-electron chi connectivity index (χ4n) is 4.48. The number of rotatable bonds is 6. The minimum Gasteiger partial charge on any atom is -0.497 e. The van der Waals surface area contributed by atoms with Gasteiger partial charge in [0.2, 0.25) is 0 Å². The van der Waals surface area contributed by atoms with Gasteiger partial charge in [-0.3, -0.25) is 24.7 Å². The van der Waals surface area contributed by atoms with E-state index in [-0.39, 0.29) is 42.3 Å². The molecule has 11 heteroatoms. The Morgan fingerprint density at radius 2 is 2.09 bits per heavy atom. The Morgan fingerprint density at radius 3 is 2.80 bits per heavy atom. The van der Waals surface area contributed by atoms with Gasteiger partial charge >= 0.3 is 6.03 Å². The molecule has 6 rings (SSSR count). The minimum absolute atomic E-state index is 0.115. The van der Waals surface area contributed by atoms with Crippen molar-refractivity contribution in [1.29, 1.82) is 0 Å². The molecule has 2 aliphatic heterocycles. The Hall–Kier alpha value is -4.41. The molecule has 11 nitrogen and oxygen atoms in total. The number of urea groups is 1. The highest BCUT2D eigenvalue weighted by atomic mass is 16.5. The zero-order valence-electron chi connectivity index (χ0n) is 18.7. The number of furan rings is 1. The highest BCUT2D eigenvalue weighted by Gasteiger charge is 2.53. The molecule has 2 fully saturated rings. The first kappa shape index (κ1) is 21.1. The van der Waals surface area contributed by atoms with Crippen LogP contribution in [0.1, 0.15) is 44.9 Å². The second-order valence-electron chi connectivity index (χ2n) is 8.96. The molecule has 2 aromatic heterocycles. The van der Waals surface area contributed by atoms with Crippen molar-refractivity contribution in [3.05, 3.63) is 59.0 Å². The molecule has 1 aliphatic carbocycles. The number of carbonyl (C=O) groups excluding carboxylic acids is 4. The molecule has 3 aliphatic rings. The predicted molar refractivity (Wildman–Crippen MR) is 121 cm³/mol. The fraction of sp³-hybridized carbons (Fsp3) is 0.292. The van der Waals surface area contributed by atoms with Gasteiger partial charge in [-0.1, -0.05) is 6.07 Å². The number of aromatic nitrogens is 1. The average molecular weight is 475 g/mol. The van der Waals surface area contributed by atoms with Crippen LogP contribution in [0.4, 0.5) is 4.79 Å². The number of imide groups is 1. The number of pyridine rings is 1. The van der Waals surface area contributed by atoms with E-state index in [1.807, 2.05) is 0 Å². The van der Waals surface area contributed by atoms with Crippen molar-refractivity contribution in [2.75, 3.05) is 13.7 Å². The topological polar surface area (TPSA) is 143 Å². The monoisotopic (exact) mass is 475 g/mol. The quantitative estimate of drug-likeness (QED) is 0.458. The summed E-state index contributed by atoms with van der Waals surface area (Å²) >= 11 is 0. The first-order valence-electron chi connectivity index (χ1n) is 11.2. The summed E-state index contributed by atoms with van der Waals surface area (Å²) in [6.07, 6.45) is 3.35. The largest absolute Gasteiger partial charge is 0.497 e. The molecular weight excluding hydrogens is 454 g/mol. The van der Waals surface area contributed by atoms with Gasteiger partial charge < -0.3 is 24.7 Å². The lowest BCUT2D eigenvalue weighted by atomic mass is 9.95. The molecule has 3 aromatic rings. The molecular formula is C24H21N5O6. The summed E-state index contributed by atoms with van der Waals surface area (Å²) in [5.74, 6) is -0.526. The summed E-state index contributed by atoms with van der Waals surface area (Å²) in [4.78, 5) is 56.6. The van der Waals surface area contributed by atoms with Crippen molar-refractivity contribution < 1.29 is 28.3 Å². The lowest BCUT2D eigenvalue weighted by Gasteiger charge is -2.28. The number of benzene rings is 1. The Kier molecular flexibility index (Phi) is 4.56. The number of carbonyl (C=O) groups is 4. The molecule has 1 saturated carbocycles. The Labute approximate surface area is 198 Å². The molecule has 35 heavy (non-hydrogen) atoms. The van der Waals surface area contributed by atoms with Crippen LogP contribution in [-0.2, 0) is 16.9 Å². The lowest BCUT2D eigenvalue weighted by molar-refractivity contribution is -0.125. The van der Waals surface area contributed by atoms with E-state index in [4.69, 9.17) is 9.15 Å². The van der Waals surface area contributed by atoms with E-state index < -0.39 is 17.5 Å². The molecule has 1 unspecified atom stereocenters. The van der Waals surface area contributed by atoms with E-state index in [0.29, 0.717) is 22.4 Å². The lowest BCUT2D eigenvalue weighted by Crippen LogP contribution is -2.52. The molecule has 1 saturated heterocycles. The van der Waals surface area contributed by atoms with Crippen molar-refractivity contribution in [2.24, 2.45) is 0 Å². The van der Waals surface area contributed by atoms with Gasteiger partial charge in [0.25, 0.3) is 17.7 Å². The van der Waals surface area contributed by atoms with Crippen LogP contribution in [0.15, 0.2) is 40.9 Å². The summed E-state index contributed by atoms with van der Waals surface area (Å²) in [5, 5.41) is 7.78. The number of methoxy groups -OCH3 is 1. The van der Waals surface area contributed by atoms with Gasteiger partial charge in [-0.15, -0.1) is 0 Å². The van der Waals surface area contributed by atoms with E-state index in [1.165, 1.54) is 18.2 Å². The van der Waals surface area contributed by atoms with Crippen molar-refractivity contribution >= 4 is 34.9 Å². The third-order valence-electron chi connectivity index (χ3n) is 6.53. The van der Waals surface area contributed by atoms with Crippen molar-refractivity contribution in [3.8, 4) is 5.75 Å². The number of amides is 5. The minimum atomic E-state index is -1.66. The standard InChI is InChI=1S/C24H21N5O6/c1-34-15-5-2-12-10-29(21(31)16(12)7-15)11-24(22(32)27-23(33)28-24)19-8-17-18(35-19)6-13(9-25-17)20(30)26-14-3-4-14/h2,5-9,14H,3-4,10-11H2,1H3,(H,26,30)(H2,27,28,32,33). The molecule has 3 N–H and O–H groups in total. The third kappa shape index (κ3) is 3.47. The molecule has 0 radical (unpaired) electrons. The second-order valence-corrected chi connectivity index (χ2v) is 8.96. The highest BCUT2D eigenvalue weighted by Crippen LogP contribution is 2.35. The Balaban J connectivity index is 1.34. The molecule has 1 aromatic carbocycles. The average Bonchev–Trinajstić information content (AvgIpc) is 3.35. The number of hydrogen-bond acceptors (Lipinski definition) is 7. The zero-order chi connectivity index (χ0) is 24.3. The summed E-state index contributed by atoms with van der Waals surface area (Å²) in [7, 11) is 1.52. The van der Waals surface area contributed by atoms with Crippen LogP contribution in [0, 0.1) is 0 Å². The van der Waals surface area contributed by atoms with Crippen molar-refractivity contribution in [1.82, 2.24) is 25.8 Å². The molecule has 5 amide bonds. The predicted octanol–water partition coefficient (Wildman–Crippen LogP) is 1.42. The second kappa shape index (κ2) is 7.55. The van der Waals surface area contributed by atoms with E-state index in [0.717, 1.165) is 18.4 Å². The van der Waals surface area contributed by atoms with Crippen LogP contribution < -0.4 is 20.7 Å². The van der Waals surface area contributed by atoms with Crippen molar-refractivity contribution in [2.45, 2.75) is 31.0 Å². The van der Waals surface area contributed by atoms with Crippen LogP contribution in [0.3, 0.4) is 0 Å². The maximum atomic E-state index is 13.1. The molecule has 178 valence electrons. The third-order valence-corrected chi connectivity index (χ3v) is 6.53. The van der Waals surface area contributed by atoms with E-state index in [9.17, 15) is 19.2 Å². The smallest absolute Gasteiger partial charge is 0.322 e. The van der Waals surface area contributed by atoms with Gasteiger partial charge in [0.15, 0.2) is 11.1 Å². The van der Waals surface area contributed by atoms with Crippen LogP contribution in [-0.4, -0.2) is 53.3 Å². The first-order valence-corrected chi connectivity index (χ1v) is 11.2. The van der Waals surface area contributed by atoms with Gasteiger partial charge in [0.1, 0.15) is 17.0 Å². The van der Waals surface area contributed by atoms with E-state index >= 15 is 0 Å². The number of ether oxygens (including phenoxy) is 1. The van der Waals surface area contributed by atoms with Gasteiger partial charge in [0.05, 0.1) is 19.2 Å². The molecule has 1 atom stereocenters. The summed E-state index contributed by atoms with van der Waals surface area (Å²) in [6.45, 7) is 0.0995. The molecule has 4 heterocycles. The van der Waals surface area contributed by atoms with Gasteiger partial charge in [-0.2, -0.15) is 0 Å². The maximum absolute atomic E-state index is 13.1. The van der Waals surface area contributed by atoms with Gasteiger partial charge in [0, 0.05) is 30.4 Å².